The lowest BCUT2D eigenvalue weighted by atomic mass is 9.96. The van der Waals surface area contributed by atoms with Crippen LogP contribution in [0.1, 0.15) is 199 Å². The highest BCUT2D eigenvalue weighted by Gasteiger charge is 2.44. The molecule has 43 nitrogen and oxygen atoms in total. The SMILES string of the molecule is CC[C@H](C)[C@H](NC(=O)[C@H](CC(C)C)NC(=O)[C@@H](NC(=O)[C@H](CCCCN)NC(=O)[C@@H](NC(=O)[C@H](CC(=O)O)NC(=O)[C@H](CC(=O)O)NC(=O)[C@H](CCC(N)=O)NC(=O)[C@@H](NC(=O)[C@H](CCCCN)NC(=O)[C@H](CCC(N)=O)NC(=O)[C@@H](NC(=O)[C@@H]1CCCN1C(=O)[C@@H](NC(=O)[C@H](C)N)C(C)C)[C@@H](C)CC)C(C)C)[C@@H](C)O)[C@@H](C)O)C(=O)O. The van der Waals surface area contributed by atoms with Crippen molar-refractivity contribution in [3.63, 3.8) is 0 Å². The van der Waals surface area contributed by atoms with Gasteiger partial charge in [0.25, 0.3) is 0 Å². The Hall–Kier alpha value is -10.3. The summed E-state index contributed by atoms with van der Waals surface area (Å²) in [5.41, 5.74) is 28.2. The predicted octanol–water partition coefficient (Wildman–Crippen LogP) is -6.34. The number of aliphatic carboxylic acids is 3. The molecule has 0 saturated carbocycles. The Balaban J connectivity index is 3.68. The van der Waals surface area contributed by atoms with Crippen molar-refractivity contribution < 1.29 is 117 Å². The summed E-state index contributed by atoms with van der Waals surface area (Å²) in [6.45, 7) is 20.2. The zero-order chi connectivity index (χ0) is 89.6. The fraction of sp³-hybridized carbons (Fsp3) is 0.743. The summed E-state index contributed by atoms with van der Waals surface area (Å²) in [5, 5.41) is 82.6. The molecule has 1 rings (SSSR count). The van der Waals surface area contributed by atoms with Crippen LogP contribution in [0.15, 0.2) is 0 Å². The van der Waals surface area contributed by atoms with Gasteiger partial charge in [-0.2, -0.15) is 0 Å². The van der Waals surface area contributed by atoms with E-state index in [9.17, 15) is 117 Å². The van der Waals surface area contributed by atoms with Crippen LogP contribution >= 0.6 is 0 Å². The largest absolute Gasteiger partial charge is 0.481 e. The van der Waals surface area contributed by atoms with E-state index < -0.39 is 277 Å². The zero-order valence-electron chi connectivity index (χ0n) is 69.2. The molecule has 0 spiro atoms. The number of rotatable bonds is 56. The molecule has 0 aliphatic carbocycles. The van der Waals surface area contributed by atoms with E-state index >= 15 is 0 Å². The number of hydrogen-bond donors (Lipinski definition) is 23. The standard InChI is InChI=1S/C74H129N19O24/c1-14-37(9)56(89-68(110)49-23-20-30-93(49)73(115)55(36(7)8)88-60(102)39(11)77)70(112)83-44(24-26-50(78)96)61(103)80-42(21-16-18-28-75)63(105)87-54(35(5)6)69(111)82-45(25-27-51(79)97)62(104)84-47(32-52(98)99)65(107)85-48(33-53(100)101)67(109)92-58(40(12)94)71(113)81-43(22-17-19-29-76)64(106)91-59(41(13)95)72(114)86-46(31-34(3)4)66(108)90-57(74(116)117)38(10)15-2/h34-49,54-59,94-95H,14-33,75-77H2,1-13H3,(H2,78,96)(H2,79,97)(H,80,103)(H,81,113)(H,82,111)(H,83,112)(H,84,104)(H,85,107)(H,86,114)(H,87,105)(H,88,102)(H,89,110)(H,90,108)(H,91,106)(H,92,109)(H,98,99)(H,100,101)(H,116,117)/t37-,38-,39-,40+,41+,42-,43-,44-,45-,46-,47-,48-,49-,54-,55-,56-,57-,58-,59-/m0/s1. The minimum absolute atomic E-state index is 0.0314. The highest BCUT2D eigenvalue weighted by atomic mass is 16.4. The second-order valence-electron chi connectivity index (χ2n) is 30.8. The Labute approximate surface area is 680 Å². The van der Waals surface area contributed by atoms with E-state index in [-0.39, 0.29) is 83.3 Å². The molecule has 1 aliphatic rings. The van der Waals surface area contributed by atoms with Crippen LogP contribution in [-0.4, -0.2) is 265 Å². The smallest absolute Gasteiger partial charge is 0.326 e. The molecule has 0 unspecified atom stereocenters. The van der Waals surface area contributed by atoms with Gasteiger partial charge >= 0.3 is 17.9 Å². The topological polar surface area (TPSA) is 715 Å². The highest BCUT2D eigenvalue weighted by molar-refractivity contribution is 6.02. The molecule has 117 heavy (non-hydrogen) atoms. The molecule has 28 N–H and O–H groups in total. The van der Waals surface area contributed by atoms with Gasteiger partial charge in [0, 0.05) is 19.4 Å². The van der Waals surface area contributed by atoms with Gasteiger partial charge in [-0.05, 0) is 134 Å². The average molecular weight is 1670 g/mol. The molecular formula is C74H129N19O24. The Morgan fingerprint density at radius 3 is 1.08 bits per heavy atom. The summed E-state index contributed by atoms with van der Waals surface area (Å²) >= 11 is 0. The van der Waals surface area contributed by atoms with Crippen molar-refractivity contribution in [3.05, 3.63) is 0 Å². The molecule has 19 atom stereocenters. The van der Waals surface area contributed by atoms with E-state index in [2.05, 4.69) is 63.8 Å². The Morgan fingerprint density at radius 1 is 0.385 bits per heavy atom. The van der Waals surface area contributed by atoms with Crippen LogP contribution in [0.5, 0.6) is 0 Å². The van der Waals surface area contributed by atoms with Gasteiger partial charge in [-0.25, -0.2) is 4.79 Å². The van der Waals surface area contributed by atoms with Crippen molar-refractivity contribution >= 4 is 112 Å². The van der Waals surface area contributed by atoms with Crippen molar-refractivity contribution in [1.29, 1.82) is 0 Å². The molecule has 664 valence electrons. The Kier molecular flexibility index (Phi) is 46.9. The zero-order valence-corrected chi connectivity index (χ0v) is 69.2. The number of unbranched alkanes of at least 4 members (excludes halogenated alkanes) is 2. The maximum Gasteiger partial charge on any atom is 0.326 e. The van der Waals surface area contributed by atoms with Crippen LogP contribution in [0.2, 0.25) is 0 Å². The summed E-state index contributed by atoms with van der Waals surface area (Å²) in [4.78, 5) is 259. The van der Waals surface area contributed by atoms with Crippen LogP contribution in [-0.2, 0) is 91.1 Å². The summed E-state index contributed by atoms with van der Waals surface area (Å²) in [6.07, 6.45) is -6.96. The molecule has 0 bridgehead atoms. The van der Waals surface area contributed by atoms with Gasteiger partial charge < -0.3 is 128 Å². The summed E-state index contributed by atoms with van der Waals surface area (Å²) in [7, 11) is 0. The van der Waals surface area contributed by atoms with Crippen molar-refractivity contribution in [1.82, 2.24) is 74.0 Å². The van der Waals surface area contributed by atoms with Gasteiger partial charge in [0.2, 0.25) is 94.5 Å². The quantitative estimate of drug-likeness (QED) is 0.0252. The van der Waals surface area contributed by atoms with E-state index in [1.165, 1.54) is 25.7 Å². The molecule has 0 radical (unpaired) electrons. The number of carboxylic acids is 3. The second-order valence-corrected chi connectivity index (χ2v) is 30.8. The highest BCUT2D eigenvalue weighted by Crippen LogP contribution is 2.23. The molecule has 1 fully saturated rings. The fourth-order valence-corrected chi connectivity index (χ4v) is 12.2. The molecule has 16 amide bonds. The van der Waals surface area contributed by atoms with Gasteiger partial charge in [0.15, 0.2) is 0 Å². The number of aliphatic hydroxyl groups excluding tert-OH is 2. The number of nitrogens with two attached hydrogens (primary N) is 5. The number of carbonyl (C=O) groups is 19. The van der Waals surface area contributed by atoms with Crippen LogP contribution < -0.4 is 97.8 Å². The molecule has 0 aromatic heterocycles. The van der Waals surface area contributed by atoms with Crippen molar-refractivity contribution in [3.8, 4) is 0 Å². The number of nitrogens with zero attached hydrogens (tertiary/aromatic N) is 1. The third kappa shape index (κ3) is 36.8. The maximum absolute atomic E-state index is 14.5. The Morgan fingerprint density at radius 2 is 0.709 bits per heavy atom. The number of carbonyl (C=O) groups excluding carboxylic acids is 16. The first-order valence-corrected chi connectivity index (χ1v) is 39.6. The molecular weight excluding hydrogens is 1540 g/mol. The normalized spacial score (nSPS) is 17.3. The van der Waals surface area contributed by atoms with E-state index in [0.29, 0.717) is 12.8 Å². The minimum atomic E-state index is -2.29. The molecule has 1 aliphatic heterocycles. The number of aliphatic hydroxyl groups is 2. The van der Waals surface area contributed by atoms with Crippen LogP contribution in [0.4, 0.5) is 0 Å². The second kappa shape index (κ2) is 52.4. The molecule has 0 aromatic carbocycles. The van der Waals surface area contributed by atoms with Gasteiger partial charge in [-0.3, -0.25) is 86.3 Å². The lowest BCUT2D eigenvalue weighted by molar-refractivity contribution is -0.144. The lowest BCUT2D eigenvalue weighted by Gasteiger charge is -2.32. The average Bonchev–Trinajstić information content (AvgIpc) is 1.74. The first kappa shape index (κ1) is 105. The molecule has 0 aromatic rings. The maximum atomic E-state index is 14.5. The summed E-state index contributed by atoms with van der Waals surface area (Å²) in [5.74, 6) is -24.6. The fourth-order valence-electron chi connectivity index (χ4n) is 12.2. The van der Waals surface area contributed by atoms with Gasteiger partial charge in [-0.1, -0.05) is 82.1 Å². The van der Waals surface area contributed by atoms with Gasteiger partial charge in [0.1, 0.15) is 84.6 Å². The number of primary amides is 2. The van der Waals surface area contributed by atoms with Crippen molar-refractivity contribution in [2.45, 2.75) is 302 Å². The van der Waals surface area contributed by atoms with E-state index in [4.69, 9.17) is 28.7 Å². The van der Waals surface area contributed by atoms with Crippen molar-refractivity contribution in [2.24, 2.45) is 58.3 Å². The number of likely N-dealkylation sites (tertiary alicyclic amines) is 1. The number of amides is 16. The van der Waals surface area contributed by atoms with Gasteiger partial charge in [-0.15, -0.1) is 0 Å². The predicted molar refractivity (Wildman–Crippen MR) is 420 cm³/mol. The van der Waals surface area contributed by atoms with E-state index in [1.807, 2.05) is 5.32 Å². The Bertz CT molecular complexity index is 3420. The van der Waals surface area contributed by atoms with Crippen LogP contribution in [0.25, 0.3) is 0 Å². The first-order valence-electron chi connectivity index (χ1n) is 39.6. The monoisotopic (exact) mass is 1670 g/mol. The summed E-state index contributed by atoms with van der Waals surface area (Å²) < 4.78 is 0. The third-order valence-electron chi connectivity index (χ3n) is 19.6. The van der Waals surface area contributed by atoms with Gasteiger partial charge in [0.05, 0.1) is 31.1 Å². The first-order chi connectivity index (χ1) is 54.6. The summed E-state index contributed by atoms with van der Waals surface area (Å²) in [6, 6.07) is -24.1. The van der Waals surface area contributed by atoms with E-state index in [0.717, 1.165) is 13.8 Å². The van der Waals surface area contributed by atoms with Crippen LogP contribution in [0.3, 0.4) is 0 Å². The number of nitrogens with one attached hydrogen (secondary N) is 13. The lowest BCUT2D eigenvalue weighted by Crippen LogP contribution is -2.63. The number of hydrogen-bond acceptors (Lipinski definition) is 24. The van der Waals surface area contributed by atoms with Crippen molar-refractivity contribution in [2.75, 3.05) is 19.6 Å². The minimum Gasteiger partial charge on any atom is -0.481 e. The van der Waals surface area contributed by atoms with Crippen LogP contribution in [0, 0.1) is 29.6 Å². The molecule has 43 heteroatoms. The van der Waals surface area contributed by atoms with E-state index in [1.54, 1.807) is 55.4 Å². The third-order valence-corrected chi connectivity index (χ3v) is 19.6. The number of carboxylic acid groups (broad SMARTS) is 3. The molecule has 1 heterocycles. The molecule has 1 saturated heterocycles.